The van der Waals surface area contributed by atoms with Crippen LogP contribution in [0.4, 0.5) is 5.69 Å². The predicted molar refractivity (Wildman–Crippen MR) is 74.9 cm³/mol. The molecule has 1 heterocycles. The molecule has 0 saturated heterocycles. The molecule has 0 aliphatic rings. The number of anilines is 1. The van der Waals surface area contributed by atoms with Gasteiger partial charge in [-0.2, -0.15) is 0 Å². The first-order valence-electron chi connectivity index (χ1n) is 6.07. The molecule has 0 bridgehead atoms. The molecule has 2 N–H and O–H groups in total. The zero-order chi connectivity index (χ0) is 12.4. The Kier molecular flexibility index (Phi) is 3.18. The lowest BCUT2D eigenvalue weighted by Crippen LogP contribution is -2.00. The highest BCUT2D eigenvalue weighted by molar-refractivity contribution is 5.95. The fourth-order valence-corrected chi connectivity index (χ4v) is 2.24. The average Bonchev–Trinajstić information content (AvgIpc) is 2.59. The van der Waals surface area contributed by atoms with E-state index in [1.807, 2.05) is 25.3 Å². The van der Waals surface area contributed by atoms with Crippen molar-refractivity contribution in [3.8, 4) is 0 Å². The van der Waals surface area contributed by atoms with Gasteiger partial charge in [-0.05, 0) is 44.5 Å². The number of benzene rings is 1. The van der Waals surface area contributed by atoms with Crippen molar-refractivity contribution in [3.05, 3.63) is 29.5 Å². The zero-order valence-electron chi connectivity index (χ0n) is 10.7. The number of aromatic nitrogens is 1. The van der Waals surface area contributed by atoms with Crippen LogP contribution in [0.5, 0.6) is 0 Å². The van der Waals surface area contributed by atoms with E-state index in [-0.39, 0.29) is 0 Å². The Morgan fingerprint density at radius 3 is 2.76 bits per heavy atom. The molecule has 0 radical (unpaired) electrons. The van der Waals surface area contributed by atoms with E-state index in [0.29, 0.717) is 0 Å². The molecule has 0 amide bonds. The minimum Gasteiger partial charge on any atom is -0.399 e. The fourth-order valence-electron chi connectivity index (χ4n) is 2.24. The van der Waals surface area contributed by atoms with Crippen molar-refractivity contribution in [1.29, 1.82) is 0 Å². The van der Waals surface area contributed by atoms with Crippen LogP contribution in [-0.2, 0) is 6.54 Å². The normalized spacial score (nSPS) is 11.7. The maximum Gasteiger partial charge on any atom is 0.0628 e. The lowest BCUT2D eigenvalue weighted by molar-refractivity contribution is 0.789. The average molecular weight is 229 g/mol. The van der Waals surface area contributed by atoms with Gasteiger partial charge >= 0.3 is 0 Å². The monoisotopic (exact) mass is 229 g/mol. The SMILES string of the molecule is CCN=Cc1c(C)c2cc(N)ccc2n1CC. The van der Waals surface area contributed by atoms with Crippen LogP contribution in [0, 0.1) is 6.92 Å². The molecule has 0 aliphatic heterocycles. The highest BCUT2D eigenvalue weighted by Crippen LogP contribution is 2.26. The van der Waals surface area contributed by atoms with E-state index >= 15 is 0 Å². The lowest BCUT2D eigenvalue weighted by atomic mass is 10.1. The number of nitrogens with two attached hydrogens (primary N) is 1. The van der Waals surface area contributed by atoms with E-state index in [4.69, 9.17) is 5.73 Å². The Morgan fingerprint density at radius 1 is 1.35 bits per heavy atom. The van der Waals surface area contributed by atoms with Gasteiger partial charge in [0, 0.05) is 35.9 Å². The van der Waals surface area contributed by atoms with E-state index in [1.54, 1.807) is 0 Å². The molecule has 2 aromatic rings. The van der Waals surface area contributed by atoms with Crippen LogP contribution in [0.3, 0.4) is 0 Å². The number of fused-ring (bicyclic) bond motifs is 1. The molecule has 3 nitrogen and oxygen atoms in total. The Bertz CT molecular complexity index is 564. The maximum absolute atomic E-state index is 5.85. The number of hydrogen-bond acceptors (Lipinski definition) is 2. The van der Waals surface area contributed by atoms with Crippen molar-refractivity contribution in [2.45, 2.75) is 27.3 Å². The first-order chi connectivity index (χ1) is 8.19. The van der Waals surface area contributed by atoms with Gasteiger partial charge in [0.05, 0.1) is 5.69 Å². The minimum atomic E-state index is 0.812. The largest absolute Gasteiger partial charge is 0.399 e. The predicted octanol–water partition coefficient (Wildman–Crippen LogP) is 2.99. The number of rotatable bonds is 3. The van der Waals surface area contributed by atoms with E-state index in [1.165, 1.54) is 22.2 Å². The van der Waals surface area contributed by atoms with Crippen LogP contribution in [0.1, 0.15) is 25.1 Å². The third-order valence-electron chi connectivity index (χ3n) is 3.10. The number of nitrogen functional groups attached to an aromatic ring is 1. The highest BCUT2D eigenvalue weighted by atomic mass is 15.0. The minimum absolute atomic E-state index is 0.812. The van der Waals surface area contributed by atoms with Gasteiger partial charge in [-0.25, -0.2) is 0 Å². The summed E-state index contributed by atoms with van der Waals surface area (Å²) in [5.41, 5.74) is 10.3. The van der Waals surface area contributed by atoms with Crippen molar-refractivity contribution in [1.82, 2.24) is 4.57 Å². The molecule has 0 aliphatic carbocycles. The van der Waals surface area contributed by atoms with E-state index in [2.05, 4.69) is 29.5 Å². The topological polar surface area (TPSA) is 43.3 Å². The molecule has 0 atom stereocenters. The second-order valence-electron chi connectivity index (χ2n) is 4.16. The standard InChI is InChI=1S/C14H19N3/c1-4-16-9-14-10(3)12-8-11(15)6-7-13(12)17(14)5-2/h6-9H,4-5,15H2,1-3H3. The van der Waals surface area contributed by atoms with Gasteiger partial charge in [-0.3, -0.25) is 4.99 Å². The first kappa shape index (κ1) is 11.7. The Hall–Kier alpha value is -1.77. The number of hydrogen-bond donors (Lipinski definition) is 1. The molecular weight excluding hydrogens is 210 g/mol. The van der Waals surface area contributed by atoms with E-state index in [9.17, 15) is 0 Å². The van der Waals surface area contributed by atoms with Gasteiger partial charge in [0.15, 0.2) is 0 Å². The van der Waals surface area contributed by atoms with Crippen LogP contribution in [0.25, 0.3) is 10.9 Å². The molecule has 17 heavy (non-hydrogen) atoms. The molecule has 0 saturated carbocycles. The molecule has 90 valence electrons. The van der Waals surface area contributed by atoms with Gasteiger partial charge in [-0.15, -0.1) is 0 Å². The molecule has 0 fully saturated rings. The number of aliphatic imine (C=N–C) groups is 1. The Morgan fingerprint density at radius 2 is 2.12 bits per heavy atom. The molecule has 1 aromatic carbocycles. The van der Waals surface area contributed by atoms with Crippen LogP contribution in [0.15, 0.2) is 23.2 Å². The summed E-state index contributed by atoms with van der Waals surface area (Å²) in [6.45, 7) is 8.08. The smallest absolute Gasteiger partial charge is 0.0628 e. The highest BCUT2D eigenvalue weighted by Gasteiger charge is 2.11. The lowest BCUT2D eigenvalue weighted by Gasteiger charge is -2.04. The summed E-state index contributed by atoms with van der Waals surface area (Å²) < 4.78 is 2.28. The van der Waals surface area contributed by atoms with Gasteiger partial charge in [0.1, 0.15) is 0 Å². The van der Waals surface area contributed by atoms with Gasteiger partial charge < -0.3 is 10.3 Å². The first-order valence-corrected chi connectivity index (χ1v) is 6.07. The van der Waals surface area contributed by atoms with Gasteiger partial charge in [0.2, 0.25) is 0 Å². The van der Waals surface area contributed by atoms with Crippen molar-refractivity contribution >= 4 is 22.8 Å². The summed E-state index contributed by atoms with van der Waals surface area (Å²) in [6.07, 6.45) is 1.97. The summed E-state index contributed by atoms with van der Waals surface area (Å²) in [6, 6.07) is 6.08. The Labute approximate surface area is 102 Å². The second-order valence-corrected chi connectivity index (χ2v) is 4.16. The van der Waals surface area contributed by atoms with E-state index < -0.39 is 0 Å². The van der Waals surface area contributed by atoms with Crippen LogP contribution in [0.2, 0.25) is 0 Å². The van der Waals surface area contributed by atoms with Crippen molar-refractivity contribution in [3.63, 3.8) is 0 Å². The van der Waals surface area contributed by atoms with Crippen LogP contribution >= 0.6 is 0 Å². The fraction of sp³-hybridized carbons (Fsp3) is 0.357. The van der Waals surface area contributed by atoms with Crippen LogP contribution < -0.4 is 5.73 Å². The number of aryl methyl sites for hydroxylation is 2. The summed E-state index contributed by atoms with van der Waals surface area (Å²) in [7, 11) is 0. The summed E-state index contributed by atoms with van der Waals surface area (Å²) in [4.78, 5) is 4.35. The van der Waals surface area contributed by atoms with Crippen LogP contribution in [-0.4, -0.2) is 17.3 Å². The summed E-state index contributed by atoms with van der Waals surface area (Å²) >= 11 is 0. The van der Waals surface area contributed by atoms with Crippen molar-refractivity contribution in [2.75, 3.05) is 12.3 Å². The summed E-state index contributed by atoms with van der Waals surface area (Å²) in [5.74, 6) is 0. The zero-order valence-corrected chi connectivity index (χ0v) is 10.7. The third-order valence-corrected chi connectivity index (χ3v) is 3.10. The molecular formula is C14H19N3. The summed E-state index contributed by atoms with van der Waals surface area (Å²) in [5, 5.41) is 1.23. The molecule has 2 rings (SSSR count). The van der Waals surface area contributed by atoms with Gasteiger partial charge in [-0.1, -0.05) is 0 Å². The quantitative estimate of drug-likeness (QED) is 0.638. The maximum atomic E-state index is 5.85. The van der Waals surface area contributed by atoms with E-state index in [0.717, 1.165) is 18.8 Å². The third kappa shape index (κ3) is 1.93. The van der Waals surface area contributed by atoms with Gasteiger partial charge in [0.25, 0.3) is 0 Å². The molecule has 1 aromatic heterocycles. The molecule has 0 unspecified atom stereocenters. The van der Waals surface area contributed by atoms with Crippen molar-refractivity contribution in [2.24, 2.45) is 4.99 Å². The second kappa shape index (κ2) is 4.62. The van der Waals surface area contributed by atoms with Crippen molar-refractivity contribution < 1.29 is 0 Å². The Balaban J connectivity index is 2.74. The molecule has 0 spiro atoms. The molecule has 3 heteroatoms. The number of nitrogens with zero attached hydrogens (tertiary/aromatic N) is 2.